The van der Waals surface area contributed by atoms with Crippen molar-refractivity contribution in [3.05, 3.63) is 93.7 Å². The number of hydrogen-bond acceptors (Lipinski definition) is 6. The van der Waals surface area contributed by atoms with Crippen LogP contribution in [0, 0.1) is 5.82 Å². The molecule has 4 rings (SSSR count). The number of nitrogens with zero attached hydrogens (tertiary/aromatic N) is 4. The van der Waals surface area contributed by atoms with Gasteiger partial charge in [0.05, 0.1) is 18.3 Å². The first-order chi connectivity index (χ1) is 15.9. The van der Waals surface area contributed by atoms with Gasteiger partial charge in [-0.05, 0) is 49.4 Å². The second-order valence-electron chi connectivity index (χ2n) is 7.26. The third-order valence-corrected chi connectivity index (χ3v) is 5.02. The van der Waals surface area contributed by atoms with E-state index in [0.29, 0.717) is 22.7 Å². The summed E-state index contributed by atoms with van der Waals surface area (Å²) in [6.45, 7) is 1.89. The number of carbonyl (C=O) groups is 1. The zero-order valence-corrected chi connectivity index (χ0v) is 17.6. The van der Waals surface area contributed by atoms with Gasteiger partial charge in [-0.25, -0.2) is 14.1 Å². The number of nitrogens with one attached hydrogen (secondary N) is 1. The normalized spacial score (nSPS) is 11.8. The summed E-state index contributed by atoms with van der Waals surface area (Å²) < 4.78 is 20.8. The lowest BCUT2D eigenvalue weighted by molar-refractivity contribution is -0.124. The average Bonchev–Trinajstić information content (AvgIpc) is 3.35. The molecular formula is C23H20FN5O4. The minimum Gasteiger partial charge on any atom is -0.463 e. The molecule has 0 fully saturated rings. The van der Waals surface area contributed by atoms with Gasteiger partial charge >= 0.3 is 0 Å². The molecule has 0 aliphatic heterocycles. The van der Waals surface area contributed by atoms with Crippen LogP contribution in [-0.4, -0.2) is 31.8 Å². The molecule has 9 nitrogen and oxygen atoms in total. The van der Waals surface area contributed by atoms with E-state index in [1.165, 1.54) is 47.5 Å². The fourth-order valence-corrected chi connectivity index (χ4v) is 3.19. The summed E-state index contributed by atoms with van der Waals surface area (Å²) in [5.74, 6) is -0.320. The molecule has 1 N–H and O–H groups in total. The van der Waals surface area contributed by atoms with Crippen LogP contribution in [0.4, 0.5) is 4.39 Å². The summed E-state index contributed by atoms with van der Waals surface area (Å²) in [7, 11) is 0. The van der Waals surface area contributed by atoms with Crippen LogP contribution >= 0.6 is 0 Å². The predicted octanol–water partition coefficient (Wildman–Crippen LogP) is 2.24. The maximum Gasteiger partial charge on any atom is 0.267 e. The molecule has 0 aliphatic carbocycles. The first-order valence-electron chi connectivity index (χ1n) is 10.2. The largest absolute Gasteiger partial charge is 0.463 e. The van der Waals surface area contributed by atoms with Gasteiger partial charge in [-0.1, -0.05) is 0 Å². The van der Waals surface area contributed by atoms with E-state index in [9.17, 15) is 18.8 Å². The molecule has 1 atom stereocenters. The fraction of sp³-hybridized carbons (Fsp3) is 0.174. The Labute approximate surface area is 187 Å². The van der Waals surface area contributed by atoms with E-state index in [1.54, 1.807) is 31.2 Å². The monoisotopic (exact) mass is 449 g/mol. The molecule has 1 unspecified atom stereocenters. The fourth-order valence-electron chi connectivity index (χ4n) is 3.19. The van der Waals surface area contributed by atoms with Crippen molar-refractivity contribution in [3.63, 3.8) is 0 Å². The standard InChI is InChI=1S/C23H20FN5O4/c1-15(29-21(30)9-8-18(27-29)20-3-2-12-33-20)23(32)25-10-11-28-14-26-19(13-22(28)31)16-4-6-17(24)7-5-16/h2-9,12-15H,10-11H2,1H3,(H,25,32). The molecule has 0 bridgehead atoms. The maximum absolute atomic E-state index is 13.1. The van der Waals surface area contributed by atoms with Crippen LogP contribution in [0.5, 0.6) is 0 Å². The minimum absolute atomic E-state index is 0.146. The molecule has 168 valence electrons. The Balaban J connectivity index is 1.39. The SMILES string of the molecule is CC(C(=O)NCCn1cnc(-c2ccc(F)cc2)cc1=O)n1nc(-c2ccco2)ccc1=O. The molecule has 0 radical (unpaired) electrons. The van der Waals surface area contributed by atoms with Crippen molar-refractivity contribution >= 4 is 5.91 Å². The number of hydrogen-bond donors (Lipinski definition) is 1. The van der Waals surface area contributed by atoms with Crippen molar-refractivity contribution in [2.75, 3.05) is 6.54 Å². The summed E-state index contributed by atoms with van der Waals surface area (Å²) in [6, 6.07) is 12.4. The number of benzene rings is 1. The van der Waals surface area contributed by atoms with Gasteiger partial charge < -0.3 is 9.73 Å². The molecule has 33 heavy (non-hydrogen) atoms. The van der Waals surface area contributed by atoms with E-state index in [2.05, 4.69) is 15.4 Å². The molecule has 0 saturated heterocycles. The summed E-state index contributed by atoms with van der Waals surface area (Å²) in [4.78, 5) is 41.4. The van der Waals surface area contributed by atoms with Gasteiger partial charge in [0, 0.05) is 30.8 Å². The van der Waals surface area contributed by atoms with Crippen molar-refractivity contribution in [1.29, 1.82) is 0 Å². The maximum atomic E-state index is 13.1. The number of halogens is 1. The molecule has 0 spiro atoms. The summed E-state index contributed by atoms with van der Waals surface area (Å²) in [6.07, 6.45) is 2.86. The zero-order valence-electron chi connectivity index (χ0n) is 17.6. The van der Waals surface area contributed by atoms with E-state index in [4.69, 9.17) is 4.42 Å². The van der Waals surface area contributed by atoms with E-state index in [1.807, 2.05) is 0 Å². The average molecular weight is 449 g/mol. The van der Waals surface area contributed by atoms with Crippen LogP contribution in [0.3, 0.4) is 0 Å². The number of rotatable bonds is 7. The van der Waals surface area contributed by atoms with E-state index < -0.39 is 17.5 Å². The molecule has 0 saturated carbocycles. The molecular weight excluding hydrogens is 429 g/mol. The predicted molar refractivity (Wildman–Crippen MR) is 118 cm³/mol. The Kier molecular flexibility index (Phi) is 6.25. The highest BCUT2D eigenvalue weighted by molar-refractivity contribution is 5.79. The van der Waals surface area contributed by atoms with Gasteiger partial charge in [-0.3, -0.25) is 19.0 Å². The van der Waals surface area contributed by atoms with Crippen LogP contribution in [0.2, 0.25) is 0 Å². The van der Waals surface area contributed by atoms with Crippen LogP contribution in [0.15, 0.2) is 81.2 Å². The Morgan fingerprint density at radius 3 is 2.58 bits per heavy atom. The third-order valence-electron chi connectivity index (χ3n) is 5.02. The second-order valence-corrected chi connectivity index (χ2v) is 7.26. The number of aromatic nitrogens is 4. The first-order valence-corrected chi connectivity index (χ1v) is 10.2. The van der Waals surface area contributed by atoms with Gasteiger partial charge in [0.25, 0.3) is 11.1 Å². The van der Waals surface area contributed by atoms with Gasteiger partial charge in [0.15, 0.2) is 5.76 Å². The highest BCUT2D eigenvalue weighted by Crippen LogP contribution is 2.16. The highest BCUT2D eigenvalue weighted by atomic mass is 19.1. The second kappa shape index (κ2) is 9.43. The third kappa shape index (κ3) is 4.95. The molecule has 1 amide bonds. The Morgan fingerprint density at radius 2 is 1.88 bits per heavy atom. The van der Waals surface area contributed by atoms with Crippen molar-refractivity contribution in [2.45, 2.75) is 19.5 Å². The Hall–Kier alpha value is -4.34. The molecule has 1 aromatic carbocycles. The van der Waals surface area contributed by atoms with Crippen molar-refractivity contribution < 1.29 is 13.6 Å². The molecule has 4 aromatic rings. The number of amides is 1. The Bertz CT molecular complexity index is 1380. The van der Waals surface area contributed by atoms with E-state index in [-0.39, 0.29) is 24.5 Å². The molecule has 0 aliphatic rings. The van der Waals surface area contributed by atoms with Gasteiger partial charge in [0.2, 0.25) is 5.91 Å². The lowest BCUT2D eigenvalue weighted by Gasteiger charge is -2.15. The van der Waals surface area contributed by atoms with Crippen LogP contribution in [-0.2, 0) is 11.3 Å². The lowest BCUT2D eigenvalue weighted by Crippen LogP contribution is -2.38. The minimum atomic E-state index is -0.872. The van der Waals surface area contributed by atoms with Crippen LogP contribution < -0.4 is 16.4 Å². The zero-order chi connectivity index (χ0) is 23.4. The Morgan fingerprint density at radius 1 is 1.09 bits per heavy atom. The lowest BCUT2D eigenvalue weighted by atomic mass is 10.1. The summed E-state index contributed by atoms with van der Waals surface area (Å²) in [5.41, 5.74) is 0.742. The van der Waals surface area contributed by atoms with Crippen molar-refractivity contribution in [2.24, 2.45) is 0 Å². The van der Waals surface area contributed by atoms with Gasteiger partial charge in [-0.2, -0.15) is 5.10 Å². The van der Waals surface area contributed by atoms with E-state index >= 15 is 0 Å². The molecule has 3 aromatic heterocycles. The van der Waals surface area contributed by atoms with Gasteiger partial charge in [0.1, 0.15) is 17.6 Å². The highest BCUT2D eigenvalue weighted by Gasteiger charge is 2.18. The van der Waals surface area contributed by atoms with Gasteiger partial charge in [-0.15, -0.1) is 0 Å². The molecule has 3 heterocycles. The summed E-state index contributed by atoms with van der Waals surface area (Å²) in [5, 5.41) is 6.92. The quantitative estimate of drug-likeness (QED) is 0.463. The topological polar surface area (TPSA) is 112 Å². The van der Waals surface area contributed by atoms with Crippen LogP contribution in [0.25, 0.3) is 22.7 Å². The number of carbonyl (C=O) groups excluding carboxylic acids is 1. The molecule has 10 heteroatoms. The first kappa shape index (κ1) is 21.9. The van der Waals surface area contributed by atoms with E-state index in [0.717, 1.165) is 4.68 Å². The summed E-state index contributed by atoms with van der Waals surface area (Å²) >= 11 is 0. The van der Waals surface area contributed by atoms with Crippen molar-refractivity contribution in [3.8, 4) is 22.7 Å². The number of furan rings is 1. The smallest absolute Gasteiger partial charge is 0.267 e. The van der Waals surface area contributed by atoms with Crippen molar-refractivity contribution in [1.82, 2.24) is 24.6 Å². The van der Waals surface area contributed by atoms with Crippen LogP contribution in [0.1, 0.15) is 13.0 Å².